The summed E-state index contributed by atoms with van der Waals surface area (Å²) in [5.74, 6) is 1.59. The normalized spacial score (nSPS) is 24.0. The van der Waals surface area contributed by atoms with Crippen LogP contribution in [0.2, 0.25) is 0 Å². The maximum Gasteiger partial charge on any atom is 0.125 e. The summed E-state index contributed by atoms with van der Waals surface area (Å²) >= 11 is 0. The molecular formula is C16H27N3O2. The average Bonchev–Trinajstić information content (AvgIpc) is 2.47. The van der Waals surface area contributed by atoms with E-state index in [1.54, 1.807) is 6.20 Å². The van der Waals surface area contributed by atoms with Crippen LogP contribution >= 0.6 is 0 Å². The summed E-state index contributed by atoms with van der Waals surface area (Å²) in [4.78, 5) is 8.37. The minimum atomic E-state index is -0.465. The van der Waals surface area contributed by atoms with E-state index in [9.17, 15) is 5.11 Å². The molecule has 1 fully saturated rings. The highest BCUT2D eigenvalue weighted by atomic mass is 16.5. The van der Waals surface area contributed by atoms with E-state index in [0.717, 1.165) is 30.3 Å². The number of nitrogens with one attached hydrogen (secondary N) is 1. The van der Waals surface area contributed by atoms with E-state index in [0.29, 0.717) is 25.8 Å². The average molecular weight is 293 g/mol. The van der Waals surface area contributed by atoms with Crippen molar-refractivity contribution in [3.05, 3.63) is 23.8 Å². The van der Waals surface area contributed by atoms with Gasteiger partial charge in [-0.15, -0.1) is 0 Å². The Morgan fingerprint density at radius 1 is 1.38 bits per heavy atom. The fourth-order valence-corrected chi connectivity index (χ4v) is 2.67. The number of ether oxygens (including phenoxy) is 1. The molecule has 2 rings (SSSR count). The summed E-state index contributed by atoms with van der Waals surface area (Å²) in [6.07, 6.45) is 6.36. The van der Waals surface area contributed by atoms with Crippen LogP contribution in [0.5, 0.6) is 0 Å². The molecule has 0 amide bonds. The van der Waals surface area contributed by atoms with Crippen LogP contribution in [0, 0.1) is 12.8 Å². The van der Waals surface area contributed by atoms with Crippen LogP contribution in [0.1, 0.15) is 44.1 Å². The third kappa shape index (κ3) is 6.08. The minimum absolute atomic E-state index is 0.334. The van der Waals surface area contributed by atoms with Crippen molar-refractivity contribution in [1.82, 2.24) is 15.3 Å². The van der Waals surface area contributed by atoms with Crippen molar-refractivity contribution in [2.45, 2.75) is 58.3 Å². The third-order valence-corrected chi connectivity index (χ3v) is 4.01. The van der Waals surface area contributed by atoms with Crippen molar-refractivity contribution < 1.29 is 9.84 Å². The number of aliphatic hydroxyl groups excluding tert-OH is 1. The highest BCUT2D eigenvalue weighted by molar-refractivity contribution is 5.00. The largest absolute Gasteiger partial charge is 0.389 e. The van der Waals surface area contributed by atoms with Crippen LogP contribution in [0.4, 0.5) is 0 Å². The number of nitrogens with zero attached hydrogens (tertiary/aromatic N) is 2. The smallest absolute Gasteiger partial charge is 0.125 e. The van der Waals surface area contributed by atoms with Crippen molar-refractivity contribution in [3.8, 4) is 0 Å². The lowest BCUT2D eigenvalue weighted by Gasteiger charge is -2.27. The molecule has 5 nitrogen and oxygen atoms in total. The first kappa shape index (κ1) is 16.3. The molecule has 0 aromatic carbocycles. The fourth-order valence-electron chi connectivity index (χ4n) is 2.67. The Balaban J connectivity index is 1.58. The monoisotopic (exact) mass is 293 g/mol. The molecule has 1 atom stereocenters. The second-order valence-electron chi connectivity index (χ2n) is 6.10. The molecule has 0 saturated heterocycles. The Labute approximate surface area is 127 Å². The van der Waals surface area contributed by atoms with E-state index in [-0.39, 0.29) is 0 Å². The van der Waals surface area contributed by atoms with Crippen LogP contribution in [-0.4, -0.2) is 40.4 Å². The van der Waals surface area contributed by atoms with Crippen LogP contribution < -0.4 is 5.32 Å². The number of aliphatic hydroxyl groups is 1. The van der Waals surface area contributed by atoms with E-state index in [1.165, 1.54) is 12.8 Å². The molecule has 1 heterocycles. The molecule has 1 aromatic heterocycles. The predicted molar refractivity (Wildman–Crippen MR) is 81.9 cm³/mol. The molecule has 2 N–H and O–H groups in total. The number of hydrogen-bond donors (Lipinski definition) is 2. The Morgan fingerprint density at radius 2 is 2.14 bits per heavy atom. The second kappa shape index (κ2) is 8.41. The summed E-state index contributed by atoms with van der Waals surface area (Å²) in [6, 6.07) is 1.88. The molecule has 1 aliphatic carbocycles. The van der Waals surface area contributed by atoms with E-state index in [2.05, 4.69) is 22.2 Å². The number of rotatable bonds is 7. The molecular weight excluding hydrogens is 266 g/mol. The molecule has 1 unspecified atom stereocenters. The second-order valence-corrected chi connectivity index (χ2v) is 6.10. The number of aryl methyl sites for hydroxylation is 1. The summed E-state index contributed by atoms with van der Waals surface area (Å²) in [7, 11) is 0. The molecule has 1 saturated carbocycles. The van der Waals surface area contributed by atoms with Crippen LogP contribution in [0.25, 0.3) is 0 Å². The topological polar surface area (TPSA) is 67.3 Å². The number of hydrogen-bond acceptors (Lipinski definition) is 5. The van der Waals surface area contributed by atoms with Gasteiger partial charge in [0.15, 0.2) is 0 Å². The Morgan fingerprint density at radius 3 is 2.86 bits per heavy atom. The van der Waals surface area contributed by atoms with E-state index >= 15 is 0 Å². The van der Waals surface area contributed by atoms with Gasteiger partial charge in [-0.3, -0.25) is 0 Å². The van der Waals surface area contributed by atoms with Gasteiger partial charge in [0.1, 0.15) is 5.82 Å². The third-order valence-electron chi connectivity index (χ3n) is 4.01. The van der Waals surface area contributed by atoms with Gasteiger partial charge in [-0.25, -0.2) is 9.97 Å². The lowest BCUT2D eigenvalue weighted by atomic mass is 9.89. The Bertz CT molecular complexity index is 420. The molecule has 0 bridgehead atoms. The summed E-state index contributed by atoms with van der Waals surface area (Å²) in [6.45, 7) is 5.74. The van der Waals surface area contributed by atoms with Gasteiger partial charge in [-0.05, 0) is 44.6 Å². The maximum absolute atomic E-state index is 9.94. The molecule has 0 aliphatic heterocycles. The summed E-state index contributed by atoms with van der Waals surface area (Å²) in [5.41, 5.74) is 0.942. The quantitative estimate of drug-likeness (QED) is 0.803. The first-order valence-electron chi connectivity index (χ1n) is 7.92. The standard InChI is InChI=1S/C16H27N3O2/c1-12-3-5-16(6-4-12)21-11-15(20)10-17-9-14-7-8-18-13(2)19-14/h7-8,12,15-17,20H,3-6,9-11H2,1-2H3. The lowest BCUT2D eigenvalue weighted by molar-refractivity contribution is -0.0278. The van der Waals surface area contributed by atoms with Crippen LogP contribution in [0.15, 0.2) is 12.3 Å². The minimum Gasteiger partial charge on any atom is -0.389 e. The van der Waals surface area contributed by atoms with Crippen LogP contribution in [0.3, 0.4) is 0 Å². The first-order chi connectivity index (χ1) is 10.1. The van der Waals surface area contributed by atoms with E-state index < -0.39 is 6.10 Å². The van der Waals surface area contributed by atoms with Gasteiger partial charge in [-0.2, -0.15) is 0 Å². The van der Waals surface area contributed by atoms with Gasteiger partial charge in [0, 0.05) is 19.3 Å². The maximum atomic E-state index is 9.94. The molecule has 0 radical (unpaired) electrons. The zero-order chi connectivity index (χ0) is 15.1. The molecule has 5 heteroatoms. The fraction of sp³-hybridized carbons (Fsp3) is 0.750. The highest BCUT2D eigenvalue weighted by Crippen LogP contribution is 2.25. The van der Waals surface area contributed by atoms with Gasteiger partial charge in [-0.1, -0.05) is 6.92 Å². The Kier molecular flexibility index (Phi) is 6.54. The van der Waals surface area contributed by atoms with Crippen LogP contribution in [-0.2, 0) is 11.3 Å². The molecule has 1 aliphatic rings. The predicted octanol–water partition coefficient (Wildman–Crippen LogP) is 1.83. The molecule has 0 spiro atoms. The molecule has 118 valence electrons. The van der Waals surface area contributed by atoms with Crippen molar-refractivity contribution in [2.75, 3.05) is 13.2 Å². The molecule has 1 aromatic rings. The van der Waals surface area contributed by atoms with Gasteiger partial charge in [0.25, 0.3) is 0 Å². The van der Waals surface area contributed by atoms with Crippen molar-refractivity contribution >= 4 is 0 Å². The lowest BCUT2D eigenvalue weighted by Crippen LogP contribution is -2.32. The van der Waals surface area contributed by atoms with Crippen molar-refractivity contribution in [2.24, 2.45) is 5.92 Å². The zero-order valence-corrected chi connectivity index (χ0v) is 13.1. The van der Waals surface area contributed by atoms with E-state index in [4.69, 9.17) is 4.74 Å². The van der Waals surface area contributed by atoms with Gasteiger partial charge >= 0.3 is 0 Å². The Hall–Kier alpha value is -1.04. The van der Waals surface area contributed by atoms with Crippen molar-refractivity contribution in [3.63, 3.8) is 0 Å². The zero-order valence-electron chi connectivity index (χ0n) is 13.1. The SMILES string of the molecule is Cc1nccc(CNCC(O)COC2CCC(C)CC2)n1. The first-order valence-corrected chi connectivity index (χ1v) is 7.92. The highest BCUT2D eigenvalue weighted by Gasteiger charge is 2.19. The molecule has 21 heavy (non-hydrogen) atoms. The van der Waals surface area contributed by atoms with Gasteiger partial charge in [0.05, 0.1) is 24.5 Å². The summed E-state index contributed by atoms with van der Waals surface area (Å²) < 4.78 is 5.80. The number of aromatic nitrogens is 2. The van der Waals surface area contributed by atoms with E-state index in [1.807, 2.05) is 13.0 Å². The summed E-state index contributed by atoms with van der Waals surface area (Å²) in [5, 5.41) is 13.1. The van der Waals surface area contributed by atoms with Gasteiger partial charge < -0.3 is 15.2 Å². The van der Waals surface area contributed by atoms with Crippen molar-refractivity contribution in [1.29, 1.82) is 0 Å². The van der Waals surface area contributed by atoms with Gasteiger partial charge in [0.2, 0.25) is 0 Å².